The molecule has 1 aromatic carbocycles. The van der Waals surface area contributed by atoms with Crippen molar-refractivity contribution in [1.82, 2.24) is 0 Å². The van der Waals surface area contributed by atoms with Gasteiger partial charge >= 0.3 is 0 Å². The first kappa shape index (κ1) is 10.2. The van der Waals surface area contributed by atoms with Crippen LogP contribution < -0.4 is 15.4 Å². The minimum absolute atomic E-state index is 0.120. The quantitative estimate of drug-likeness (QED) is 0.801. The fraction of sp³-hybridized carbons (Fsp3) is 0.455. The van der Waals surface area contributed by atoms with Gasteiger partial charge in [0, 0.05) is 19.2 Å². The molecule has 0 amide bonds. The third kappa shape index (κ3) is 2.04. The lowest BCUT2D eigenvalue weighted by Gasteiger charge is -2.34. The highest BCUT2D eigenvalue weighted by atomic mass is 19.1. The van der Waals surface area contributed by atoms with Gasteiger partial charge < -0.3 is 15.4 Å². The molecular formula is C11H15FN2O. The second-order valence-electron chi connectivity index (χ2n) is 3.78. The molecule has 1 heterocycles. The molecule has 0 spiro atoms. The van der Waals surface area contributed by atoms with Crippen molar-refractivity contribution in [3.05, 3.63) is 24.0 Å². The molecule has 1 atom stereocenters. The number of rotatable bonds is 2. The minimum Gasteiger partial charge on any atom is -0.487 e. The second kappa shape index (κ2) is 4.06. The topological polar surface area (TPSA) is 38.5 Å². The highest BCUT2D eigenvalue weighted by Gasteiger charge is 2.22. The van der Waals surface area contributed by atoms with Crippen molar-refractivity contribution in [2.24, 2.45) is 5.73 Å². The van der Waals surface area contributed by atoms with E-state index >= 15 is 0 Å². The maximum atomic E-state index is 13.1. The molecule has 0 aliphatic carbocycles. The van der Waals surface area contributed by atoms with Crippen LogP contribution in [0.1, 0.15) is 6.92 Å². The number of halogens is 1. The van der Waals surface area contributed by atoms with E-state index in [1.54, 1.807) is 6.07 Å². The molecule has 1 unspecified atom stereocenters. The number of ether oxygens (including phenoxy) is 1. The normalized spacial score (nSPS) is 19.7. The van der Waals surface area contributed by atoms with E-state index in [0.717, 1.165) is 24.5 Å². The van der Waals surface area contributed by atoms with Crippen molar-refractivity contribution >= 4 is 5.69 Å². The Labute approximate surface area is 88.6 Å². The van der Waals surface area contributed by atoms with Crippen LogP contribution in [0.25, 0.3) is 0 Å². The average molecular weight is 210 g/mol. The molecule has 0 radical (unpaired) electrons. The van der Waals surface area contributed by atoms with Gasteiger partial charge in [-0.1, -0.05) is 0 Å². The van der Waals surface area contributed by atoms with E-state index in [-0.39, 0.29) is 11.9 Å². The Morgan fingerprint density at radius 3 is 3.13 bits per heavy atom. The standard InChI is InChI=1S/C11H15FN2O/c1-8-7-14(5-4-13)10-6-9(12)2-3-11(10)15-8/h2-3,6,8H,4-5,7,13H2,1H3. The summed E-state index contributed by atoms with van der Waals surface area (Å²) in [6.45, 7) is 4.04. The van der Waals surface area contributed by atoms with Crippen molar-refractivity contribution in [2.45, 2.75) is 13.0 Å². The minimum atomic E-state index is -0.242. The van der Waals surface area contributed by atoms with E-state index in [9.17, 15) is 4.39 Å². The Morgan fingerprint density at radius 1 is 1.60 bits per heavy atom. The third-order valence-electron chi connectivity index (χ3n) is 2.47. The molecule has 1 aliphatic rings. The van der Waals surface area contributed by atoms with Crippen LogP contribution in [0.2, 0.25) is 0 Å². The largest absolute Gasteiger partial charge is 0.487 e. The Hall–Kier alpha value is -1.29. The molecular weight excluding hydrogens is 195 g/mol. The summed E-state index contributed by atoms with van der Waals surface area (Å²) in [6, 6.07) is 4.58. The predicted octanol–water partition coefficient (Wildman–Crippen LogP) is 1.37. The lowest BCUT2D eigenvalue weighted by Crippen LogP contribution is -2.41. The van der Waals surface area contributed by atoms with Crippen molar-refractivity contribution in [2.75, 3.05) is 24.5 Å². The third-order valence-corrected chi connectivity index (χ3v) is 2.47. The Morgan fingerprint density at radius 2 is 2.40 bits per heavy atom. The fourth-order valence-corrected chi connectivity index (χ4v) is 1.87. The molecule has 4 heteroatoms. The van der Waals surface area contributed by atoms with Gasteiger partial charge in [-0.05, 0) is 19.1 Å². The molecule has 2 rings (SSSR count). The molecule has 0 fully saturated rings. The van der Waals surface area contributed by atoms with Gasteiger partial charge in [-0.15, -0.1) is 0 Å². The summed E-state index contributed by atoms with van der Waals surface area (Å²) in [5, 5.41) is 0. The van der Waals surface area contributed by atoms with Gasteiger partial charge in [0.25, 0.3) is 0 Å². The van der Waals surface area contributed by atoms with Gasteiger partial charge in [-0.2, -0.15) is 0 Å². The number of fused-ring (bicyclic) bond motifs is 1. The summed E-state index contributed by atoms with van der Waals surface area (Å²) in [7, 11) is 0. The SMILES string of the molecule is CC1CN(CCN)c2cc(F)ccc2O1. The van der Waals surface area contributed by atoms with Crippen LogP contribution in [0.4, 0.5) is 10.1 Å². The molecule has 3 nitrogen and oxygen atoms in total. The van der Waals surface area contributed by atoms with Crippen LogP contribution in [0.15, 0.2) is 18.2 Å². The van der Waals surface area contributed by atoms with E-state index in [4.69, 9.17) is 10.5 Å². The smallest absolute Gasteiger partial charge is 0.143 e. The summed E-state index contributed by atoms with van der Waals surface area (Å²) in [5.74, 6) is 0.498. The van der Waals surface area contributed by atoms with E-state index in [2.05, 4.69) is 4.90 Å². The lowest BCUT2D eigenvalue weighted by molar-refractivity contribution is 0.212. The summed E-state index contributed by atoms with van der Waals surface area (Å²) in [5.41, 5.74) is 6.33. The molecule has 0 bridgehead atoms. The Bertz CT molecular complexity index is 356. The van der Waals surface area contributed by atoms with Crippen LogP contribution in [-0.2, 0) is 0 Å². The van der Waals surface area contributed by atoms with Gasteiger partial charge in [0.15, 0.2) is 0 Å². The molecule has 0 saturated carbocycles. The average Bonchev–Trinajstić information content (AvgIpc) is 2.19. The van der Waals surface area contributed by atoms with Crippen molar-refractivity contribution in [1.29, 1.82) is 0 Å². The maximum absolute atomic E-state index is 13.1. The Balaban J connectivity index is 2.34. The van der Waals surface area contributed by atoms with Gasteiger partial charge in [-0.25, -0.2) is 4.39 Å². The van der Waals surface area contributed by atoms with Crippen LogP contribution in [0, 0.1) is 5.82 Å². The van der Waals surface area contributed by atoms with Crippen molar-refractivity contribution in [3.8, 4) is 5.75 Å². The summed E-state index contributed by atoms with van der Waals surface area (Å²) >= 11 is 0. The first-order valence-electron chi connectivity index (χ1n) is 5.12. The number of nitrogens with two attached hydrogens (primary N) is 1. The van der Waals surface area contributed by atoms with E-state index in [1.807, 2.05) is 6.92 Å². The molecule has 15 heavy (non-hydrogen) atoms. The molecule has 0 aromatic heterocycles. The van der Waals surface area contributed by atoms with Crippen LogP contribution >= 0.6 is 0 Å². The van der Waals surface area contributed by atoms with E-state index in [1.165, 1.54) is 12.1 Å². The monoisotopic (exact) mass is 210 g/mol. The first-order valence-corrected chi connectivity index (χ1v) is 5.12. The van der Waals surface area contributed by atoms with Gasteiger partial charge in [-0.3, -0.25) is 0 Å². The number of hydrogen-bond donors (Lipinski definition) is 1. The van der Waals surface area contributed by atoms with Crippen molar-refractivity contribution < 1.29 is 9.13 Å². The summed E-state index contributed by atoms with van der Waals surface area (Å²) in [4.78, 5) is 2.06. The zero-order valence-corrected chi connectivity index (χ0v) is 8.74. The zero-order chi connectivity index (χ0) is 10.8. The van der Waals surface area contributed by atoms with Gasteiger partial charge in [0.05, 0.1) is 12.2 Å². The van der Waals surface area contributed by atoms with Crippen LogP contribution in [0.3, 0.4) is 0 Å². The summed E-state index contributed by atoms with van der Waals surface area (Å²) < 4.78 is 18.7. The highest BCUT2D eigenvalue weighted by molar-refractivity contribution is 5.60. The number of nitrogens with zero attached hydrogens (tertiary/aromatic N) is 1. The van der Waals surface area contributed by atoms with Crippen LogP contribution in [-0.4, -0.2) is 25.7 Å². The predicted molar refractivity (Wildman–Crippen MR) is 57.8 cm³/mol. The molecule has 0 saturated heterocycles. The summed E-state index contributed by atoms with van der Waals surface area (Å²) in [6.07, 6.45) is 0.120. The lowest BCUT2D eigenvalue weighted by atomic mass is 10.2. The van der Waals surface area contributed by atoms with E-state index < -0.39 is 0 Å². The van der Waals surface area contributed by atoms with Crippen LogP contribution in [0.5, 0.6) is 5.75 Å². The first-order chi connectivity index (χ1) is 7.20. The second-order valence-corrected chi connectivity index (χ2v) is 3.78. The Kier molecular flexibility index (Phi) is 2.77. The van der Waals surface area contributed by atoms with Gasteiger partial charge in [0.2, 0.25) is 0 Å². The van der Waals surface area contributed by atoms with Gasteiger partial charge in [0.1, 0.15) is 17.7 Å². The number of benzene rings is 1. The number of anilines is 1. The maximum Gasteiger partial charge on any atom is 0.143 e. The number of hydrogen-bond acceptors (Lipinski definition) is 3. The fourth-order valence-electron chi connectivity index (χ4n) is 1.87. The zero-order valence-electron chi connectivity index (χ0n) is 8.74. The van der Waals surface area contributed by atoms with E-state index in [0.29, 0.717) is 6.54 Å². The molecule has 2 N–H and O–H groups in total. The molecule has 1 aromatic rings. The molecule has 1 aliphatic heterocycles. The van der Waals surface area contributed by atoms with Crippen molar-refractivity contribution in [3.63, 3.8) is 0 Å². The highest BCUT2D eigenvalue weighted by Crippen LogP contribution is 2.33. The molecule has 82 valence electrons.